The van der Waals surface area contributed by atoms with Gasteiger partial charge in [0.25, 0.3) is 5.91 Å². The third-order valence-corrected chi connectivity index (χ3v) is 4.72. The summed E-state index contributed by atoms with van der Waals surface area (Å²) in [6, 6.07) is 17.1. The number of carbonyl (C=O) groups excluding carboxylic acids is 2. The Morgan fingerprint density at radius 1 is 0.889 bits per heavy atom. The Kier molecular flexibility index (Phi) is 7.59. The average Bonchev–Trinajstić information content (AvgIpc) is 2.65. The van der Waals surface area contributed by atoms with Crippen molar-refractivity contribution in [3.63, 3.8) is 0 Å². The van der Waals surface area contributed by atoms with E-state index in [9.17, 15) is 9.59 Å². The summed E-state index contributed by atoms with van der Waals surface area (Å²) in [5.74, 6) is -0.342. The molecule has 4 heteroatoms. The normalized spacial score (nSPS) is 13.1. The standard InChI is InChI=1S/C23H30N2O2/c1-16(2)21(25-22(26)20-13-9-8-10-17(20)3)23(27)24-18(4)14-15-19-11-6-5-7-12-19/h5-13,16,18,21H,14-15H2,1-4H3,(H,24,27)(H,25,26). The van der Waals surface area contributed by atoms with E-state index in [-0.39, 0.29) is 23.8 Å². The van der Waals surface area contributed by atoms with Crippen LogP contribution in [0.15, 0.2) is 54.6 Å². The molecule has 0 aliphatic heterocycles. The fourth-order valence-electron chi connectivity index (χ4n) is 3.01. The lowest BCUT2D eigenvalue weighted by molar-refractivity contribution is -0.124. The van der Waals surface area contributed by atoms with E-state index in [2.05, 4.69) is 22.8 Å². The van der Waals surface area contributed by atoms with Crippen molar-refractivity contribution in [2.45, 2.75) is 52.6 Å². The second kappa shape index (κ2) is 9.91. The molecule has 0 fully saturated rings. The Morgan fingerprint density at radius 2 is 1.52 bits per heavy atom. The summed E-state index contributed by atoms with van der Waals surface area (Å²) in [5, 5.41) is 5.95. The Labute approximate surface area is 162 Å². The summed E-state index contributed by atoms with van der Waals surface area (Å²) in [7, 11) is 0. The van der Waals surface area contributed by atoms with Crippen LogP contribution >= 0.6 is 0 Å². The summed E-state index contributed by atoms with van der Waals surface area (Å²) in [4.78, 5) is 25.3. The topological polar surface area (TPSA) is 58.2 Å². The molecule has 0 saturated carbocycles. The Morgan fingerprint density at radius 3 is 2.15 bits per heavy atom. The smallest absolute Gasteiger partial charge is 0.252 e. The SMILES string of the molecule is Cc1ccccc1C(=O)NC(C(=O)NC(C)CCc1ccccc1)C(C)C. The molecule has 0 aromatic heterocycles. The van der Waals surface area contributed by atoms with Gasteiger partial charge in [-0.15, -0.1) is 0 Å². The van der Waals surface area contributed by atoms with Crippen molar-refractivity contribution < 1.29 is 9.59 Å². The molecule has 27 heavy (non-hydrogen) atoms. The number of hydrogen-bond donors (Lipinski definition) is 2. The van der Waals surface area contributed by atoms with Crippen LogP contribution in [-0.4, -0.2) is 23.9 Å². The summed E-state index contributed by atoms with van der Waals surface area (Å²) in [6.45, 7) is 7.78. The van der Waals surface area contributed by atoms with Crippen molar-refractivity contribution in [2.75, 3.05) is 0 Å². The lowest BCUT2D eigenvalue weighted by atomic mass is 10.0. The highest BCUT2D eigenvalue weighted by Gasteiger charge is 2.26. The minimum atomic E-state index is -0.559. The van der Waals surface area contributed by atoms with Gasteiger partial charge in [-0.1, -0.05) is 62.4 Å². The maximum absolute atomic E-state index is 12.7. The number of rotatable bonds is 8. The molecular weight excluding hydrogens is 336 g/mol. The number of benzene rings is 2. The van der Waals surface area contributed by atoms with Crippen molar-refractivity contribution >= 4 is 11.8 Å². The number of carbonyl (C=O) groups is 2. The summed E-state index contributed by atoms with van der Waals surface area (Å²) < 4.78 is 0. The largest absolute Gasteiger partial charge is 0.352 e. The molecule has 2 N–H and O–H groups in total. The van der Waals surface area contributed by atoms with Gasteiger partial charge in [-0.25, -0.2) is 0 Å². The van der Waals surface area contributed by atoms with Gasteiger partial charge in [0.05, 0.1) is 0 Å². The maximum Gasteiger partial charge on any atom is 0.252 e. The van der Waals surface area contributed by atoms with Crippen LogP contribution in [0, 0.1) is 12.8 Å². The van der Waals surface area contributed by atoms with Crippen LogP contribution in [0.1, 0.15) is 48.7 Å². The molecule has 2 aromatic rings. The average molecular weight is 367 g/mol. The molecule has 2 unspecified atom stereocenters. The Bertz CT molecular complexity index is 756. The Hall–Kier alpha value is -2.62. The van der Waals surface area contributed by atoms with Crippen molar-refractivity contribution in [1.82, 2.24) is 10.6 Å². The zero-order valence-electron chi connectivity index (χ0n) is 16.7. The quantitative estimate of drug-likeness (QED) is 0.745. The minimum absolute atomic E-state index is 0.000656. The van der Waals surface area contributed by atoms with Crippen molar-refractivity contribution in [3.8, 4) is 0 Å². The van der Waals surface area contributed by atoms with Crippen LogP contribution in [0.4, 0.5) is 0 Å². The molecule has 0 aliphatic carbocycles. The zero-order chi connectivity index (χ0) is 19.8. The number of aryl methyl sites for hydroxylation is 2. The molecule has 0 saturated heterocycles. The predicted octanol–water partition coefficient (Wildman–Crippen LogP) is 3.89. The molecule has 0 aliphatic rings. The fourth-order valence-corrected chi connectivity index (χ4v) is 3.01. The van der Waals surface area contributed by atoms with E-state index >= 15 is 0 Å². The molecule has 2 amide bonds. The highest BCUT2D eigenvalue weighted by Crippen LogP contribution is 2.10. The first-order chi connectivity index (χ1) is 12.9. The van der Waals surface area contributed by atoms with Gasteiger partial charge in [0.2, 0.25) is 5.91 Å². The van der Waals surface area contributed by atoms with Crippen LogP contribution < -0.4 is 10.6 Å². The van der Waals surface area contributed by atoms with E-state index in [0.717, 1.165) is 18.4 Å². The highest BCUT2D eigenvalue weighted by atomic mass is 16.2. The zero-order valence-corrected chi connectivity index (χ0v) is 16.7. The Balaban J connectivity index is 1.94. The van der Waals surface area contributed by atoms with Gasteiger partial charge in [0.1, 0.15) is 6.04 Å². The van der Waals surface area contributed by atoms with Gasteiger partial charge in [0.15, 0.2) is 0 Å². The van der Waals surface area contributed by atoms with E-state index in [1.807, 2.05) is 64.1 Å². The molecular formula is C23H30N2O2. The summed E-state index contributed by atoms with van der Waals surface area (Å²) in [5.41, 5.74) is 2.76. The first-order valence-corrected chi connectivity index (χ1v) is 9.59. The predicted molar refractivity (Wildman–Crippen MR) is 110 cm³/mol. The number of hydrogen-bond acceptors (Lipinski definition) is 2. The van der Waals surface area contributed by atoms with E-state index < -0.39 is 6.04 Å². The first-order valence-electron chi connectivity index (χ1n) is 9.59. The van der Waals surface area contributed by atoms with E-state index in [1.165, 1.54) is 5.56 Å². The van der Waals surface area contributed by atoms with Crippen LogP contribution in [-0.2, 0) is 11.2 Å². The molecule has 0 heterocycles. The summed E-state index contributed by atoms with van der Waals surface area (Å²) in [6.07, 6.45) is 1.76. The van der Waals surface area contributed by atoms with Crippen LogP contribution in [0.3, 0.4) is 0 Å². The second-order valence-corrected chi connectivity index (χ2v) is 7.44. The summed E-state index contributed by atoms with van der Waals surface area (Å²) >= 11 is 0. The molecule has 2 rings (SSSR count). The van der Waals surface area contributed by atoms with Gasteiger partial charge >= 0.3 is 0 Å². The van der Waals surface area contributed by atoms with Gasteiger partial charge in [-0.05, 0) is 49.8 Å². The fraction of sp³-hybridized carbons (Fsp3) is 0.391. The van der Waals surface area contributed by atoms with Crippen LogP contribution in [0.5, 0.6) is 0 Å². The van der Waals surface area contributed by atoms with Crippen LogP contribution in [0.2, 0.25) is 0 Å². The number of amides is 2. The molecule has 4 nitrogen and oxygen atoms in total. The third-order valence-electron chi connectivity index (χ3n) is 4.72. The molecule has 2 atom stereocenters. The van der Waals surface area contributed by atoms with Crippen molar-refractivity contribution in [2.24, 2.45) is 5.92 Å². The second-order valence-electron chi connectivity index (χ2n) is 7.44. The van der Waals surface area contributed by atoms with E-state index in [1.54, 1.807) is 6.07 Å². The number of nitrogens with one attached hydrogen (secondary N) is 2. The van der Waals surface area contributed by atoms with Gasteiger partial charge in [-0.2, -0.15) is 0 Å². The minimum Gasteiger partial charge on any atom is -0.352 e. The highest BCUT2D eigenvalue weighted by molar-refractivity contribution is 5.98. The lowest BCUT2D eigenvalue weighted by Gasteiger charge is -2.24. The lowest BCUT2D eigenvalue weighted by Crippen LogP contribution is -2.51. The molecule has 0 radical (unpaired) electrons. The third kappa shape index (κ3) is 6.24. The van der Waals surface area contributed by atoms with Crippen molar-refractivity contribution in [3.05, 3.63) is 71.3 Å². The molecule has 0 bridgehead atoms. The van der Waals surface area contributed by atoms with Crippen LogP contribution in [0.25, 0.3) is 0 Å². The first kappa shape index (κ1) is 20.7. The molecule has 0 spiro atoms. The maximum atomic E-state index is 12.7. The van der Waals surface area contributed by atoms with E-state index in [4.69, 9.17) is 0 Å². The molecule has 144 valence electrons. The van der Waals surface area contributed by atoms with Gasteiger partial charge in [-0.3, -0.25) is 9.59 Å². The van der Waals surface area contributed by atoms with Gasteiger partial charge in [0, 0.05) is 11.6 Å². The van der Waals surface area contributed by atoms with Crippen molar-refractivity contribution in [1.29, 1.82) is 0 Å². The molecule has 2 aromatic carbocycles. The monoisotopic (exact) mass is 366 g/mol. The van der Waals surface area contributed by atoms with E-state index in [0.29, 0.717) is 5.56 Å². The van der Waals surface area contributed by atoms with Gasteiger partial charge < -0.3 is 10.6 Å².